The van der Waals surface area contributed by atoms with E-state index in [1.54, 1.807) is 30.6 Å². The topological polar surface area (TPSA) is 104 Å². The maximum atomic E-state index is 12.2. The lowest BCUT2D eigenvalue weighted by Crippen LogP contribution is -2.59. The van der Waals surface area contributed by atoms with Gasteiger partial charge in [0.15, 0.2) is 0 Å². The van der Waals surface area contributed by atoms with Crippen LogP contribution in [-0.4, -0.2) is 40.9 Å². The zero-order chi connectivity index (χ0) is 18.8. The van der Waals surface area contributed by atoms with Crippen molar-refractivity contribution in [3.05, 3.63) is 66.0 Å². The number of amides is 2. The van der Waals surface area contributed by atoms with E-state index in [0.29, 0.717) is 5.56 Å². The molecule has 136 valence electrons. The Labute approximate surface area is 155 Å². The summed E-state index contributed by atoms with van der Waals surface area (Å²) in [5.74, 6) is -0.549. The van der Waals surface area contributed by atoms with Crippen molar-refractivity contribution < 1.29 is 9.59 Å². The van der Waals surface area contributed by atoms with Gasteiger partial charge in [0.25, 0.3) is 5.91 Å². The molecule has 7 nitrogen and oxygen atoms in total. The van der Waals surface area contributed by atoms with Gasteiger partial charge in [-0.15, -0.1) is 0 Å². The quantitative estimate of drug-likeness (QED) is 0.601. The molecular formula is C20H19N5O2. The Morgan fingerprint density at radius 1 is 1.26 bits per heavy atom. The molecule has 0 unspecified atom stereocenters. The third kappa shape index (κ3) is 3.52. The number of hydrogen-bond donors (Lipinski definition) is 3. The molecule has 0 radical (unpaired) electrons. The molecule has 3 heterocycles. The number of nitrogens with zero attached hydrogens (tertiary/aromatic N) is 2. The van der Waals surface area contributed by atoms with E-state index >= 15 is 0 Å². The molecule has 1 aromatic carbocycles. The van der Waals surface area contributed by atoms with Gasteiger partial charge < -0.3 is 20.9 Å². The Hall–Kier alpha value is -3.61. The molecule has 1 saturated heterocycles. The molecular weight excluding hydrogens is 342 g/mol. The number of aromatic amines is 1. The van der Waals surface area contributed by atoms with Crippen molar-refractivity contribution in [2.45, 2.75) is 6.04 Å². The van der Waals surface area contributed by atoms with E-state index in [-0.39, 0.29) is 11.9 Å². The number of aromatic nitrogens is 2. The second-order valence-electron chi connectivity index (χ2n) is 6.51. The van der Waals surface area contributed by atoms with Gasteiger partial charge >= 0.3 is 0 Å². The van der Waals surface area contributed by atoms with Gasteiger partial charge in [0.1, 0.15) is 5.65 Å². The van der Waals surface area contributed by atoms with Crippen LogP contribution in [0.1, 0.15) is 15.9 Å². The minimum Gasteiger partial charge on any atom is -0.366 e. The van der Waals surface area contributed by atoms with Crippen LogP contribution in [0.25, 0.3) is 17.1 Å². The lowest BCUT2D eigenvalue weighted by Gasteiger charge is -2.41. The van der Waals surface area contributed by atoms with E-state index in [4.69, 9.17) is 5.73 Å². The number of carbonyl (C=O) groups excluding carboxylic acids is 2. The summed E-state index contributed by atoms with van der Waals surface area (Å²) in [6.07, 6.45) is 6.59. The number of nitrogens with one attached hydrogen (secondary N) is 2. The SMILES string of the molecule is NC(=O)/C=C/c1c[nH]c2ncc(N3CC(NC(=O)c4ccccc4)C3)cc12. The summed E-state index contributed by atoms with van der Waals surface area (Å²) in [4.78, 5) is 32.8. The van der Waals surface area contributed by atoms with E-state index in [2.05, 4.69) is 20.2 Å². The van der Waals surface area contributed by atoms with E-state index < -0.39 is 5.91 Å². The summed E-state index contributed by atoms with van der Waals surface area (Å²) in [7, 11) is 0. The zero-order valence-electron chi connectivity index (χ0n) is 14.6. The first kappa shape index (κ1) is 16.8. The third-order valence-corrected chi connectivity index (χ3v) is 4.59. The summed E-state index contributed by atoms with van der Waals surface area (Å²) in [6.45, 7) is 1.45. The normalized spacial score (nSPS) is 14.4. The summed E-state index contributed by atoms with van der Waals surface area (Å²) in [5, 5.41) is 3.96. The summed E-state index contributed by atoms with van der Waals surface area (Å²) in [6, 6.07) is 11.3. The molecule has 1 aliphatic heterocycles. The molecule has 4 N–H and O–H groups in total. The molecule has 1 aliphatic rings. The number of carbonyl (C=O) groups is 2. The number of primary amides is 1. The Kier molecular flexibility index (Phi) is 4.33. The molecule has 7 heteroatoms. The van der Waals surface area contributed by atoms with E-state index in [9.17, 15) is 9.59 Å². The first-order valence-corrected chi connectivity index (χ1v) is 8.65. The van der Waals surface area contributed by atoms with Gasteiger partial charge in [0, 0.05) is 41.9 Å². The van der Waals surface area contributed by atoms with Crippen LogP contribution < -0.4 is 16.0 Å². The van der Waals surface area contributed by atoms with Crippen molar-refractivity contribution >= 4 is 34.6 Å². The molecule has 0 atom stereocenters. The van der Waals surface area contributed by atoms with Gasteiger partial charge in [-0.25, -0.2) is 4.98 Å². The zero-order valence-corrected chi connectivity index (χ0v) is 14.6. The second kappa shape index (κ2) is 6.95. The van der Waals surface area contributed by atoms with E-state index in [0.717, 1.165) is 35.4 Å². The van der Waals surface area contributed by atoms with Crippen molar-refractivity contribution in [1.29, 1.82) is 0 Å². The smallest absolute Gasteiger partial charge is 0.251 e. The van der Waals surface area contributed by atoms with Crippen LogP contribution in [0.4, 0.5) is 5.69 Å². The fourth-order valence-electron chi connectivity index (χ4n) is 3.13. The van der Waals surface area contributed by atoms with Crippen LogP contribution in [0.15, 0.2) is 54.9 Å². The largest absolute Gasteiger partial charge is 0.366 e. The lowest BCUT2D eigenvalue weighted by molar-refractivity contribution is -0.113. The molecule has 0 spiro atoms. The number of H-pyrrole nitrogens is 1. The van der Waals surface area contributed by atoms with Crippen LogP contribution in [0.3, 0.4) is 0 Å². The molecule has 2 amide bonds. The van der Waals surface area contributed by atoms with Crippen molar-refractivity contribution in [2.24, 2.45) is 5.73 Å². The standard InChI is InChI=1S/C20H19N5O2/c21-18(26)7-6-14-9-22-19-17(14)8-16(10-23-19)25-11-15(12-25)24-20(27)13-4-2-1-3-5-13/h1-10,15H,11-12H2,(H2,21,26)(H,22,23)(H,24,27)/b7-6+. The van der Waals surface area contributed by atoms with Crippen LogP contribution in [0.5, 0.6) is 0 Å². The van der Waals surface area contributed by atoms with E-state index in [1.807, 2.05) is 24.3 Å². The average Bonchev–Trinajstić information content (AvgIpc) is 3.05. The van der Waals surface area contributed by atoms with Crippen LogP contribution in [-0.2, 0) is 4.79 Å². The predicted molar refractivity (Wildman–Crippen MR) is 104 cm³/mol. The molecule has 4 rings (SSSR count). The summed E-state index contributed by atoms with van der Waals surface area (Å²) < 4.78 is 0. The van der Waals surface area contributed by atoms with Crippen LogP contribution in [0, 0.1) is 0 Å². The highest BCUT2D eigenvalue weighted by Crippen LogP contribution is 2.26. The van der Waals surface area contributed by atoms with Gasteiger partial charge in [-0.1, -0.05) is 18.2 Å². The first-order valence-electron chi connectivity index (χ1n) is 8.65. The molecule has 0 saturated carbocycles. The molecule has 27 heavy (non-hydrogen) atoms. The van der Waals surface area contributed by atoms with Gasteiger partial charge in [-0.05, 0) is 24.3 Å². The van der Waals surface area contributed by atoms with Gasteiger partial charge in [0.05, 0.1) is 17.9 Å². The number of pyridine rings is 1. The molecule has 2 aromatic heterocycles. The van der Waals surface area contributed by atoms with Crippen LogP contribution in [0.2, 0.25) is 0 Å². The molecule has 1 fully saturated rings. The Morgan fingerprint density at radius 2 is 2.04 bits per heavy atom. The fraction of sp³-hybridized carbons (Fsp3) is 0.150. The first-order chi connectivity index (χ1) is 13.1. The van der Waals surface area contributed by atoms with Crippen molar-refractivity contribution in [3.63, 3.8) is 0 Å². The molecule has 3 aromatic rings. The van der Waals surface area contributed by atoms with Crippen molar-refractivity contribution in [2.75, 3.05) is 18.0 Å². The highest BCUT2D eigenvalue weighted by molar-refractivity contribution is 5.96. The van der Waals surface area contributed by atoms with Crippen LogP contribution >= 0.6 is 0 Å². The monoisotopic (exact) mass is 361 g/mol. The number of nitrogens with two attached hydrogens (primary N) is 1. The number of benzene rings is 1. The van der Waals surface area contributed by atoms with E-state index in [1.165, 1.54) is 6.08 Å². The van der Waals surface area contributed by atoms with Gasteiger partial charge in [-0.3, -0.25) is 9.59 Å². The molecule has 0 bridgehead atoms. The Bertz CT molecular complexity index is 1020. The maximum Gasteiger partial charge on any atom is 0.251 e. The average molecular weight is 361 g/mol. The third-order valence-electron chi connectivity index (χ3n) is 4.59. The highest BCUT2D eigenvalue weighted by atomic mass is 16.2. The lowest BCUT2D eigenvalue weighted by atomic mass is 10.1. The highest BCUT2D eigenvalue weighted by Gasteiger charge is 2.29. The number of anilines is 1. The van der Waals surface area contributed by atoms with Crippen molar-refractivity contribution in [3.8, 4) is 0 Å². The summed E-state index contributed by atoms with van der Waals surface area (Å²) in [5.41, 5.74) is 8.40. The molecule has 0 aliphatic carbocycles. The minimum atomic E-state index is -0.492. The minimum absolute atomic E-state index is 0.0571. The fourth-order valence-corrected chi connectivity index (χ4v) is 3.13. The van der Waals surface area contributed by atoms with Gasteiger partial charge in [0.2, 0.25) is 5.91 Å². The number of hydrogen-bond acceptors (Lipinski definition) is 4. The summed E-state index contributed by atoms with van der Waals surface area (Å²) >= 11 is 0. The Morgan fingerprint density at radius 3 is 2.78 bits per heavy atom. The van der Waals surface area contributed by atoms with Gasteiger partial charge in [-0.2, -0.15) is 0 Å². The van der Waals surface area contributed by atoms with Crippen molar-refractivity contribution in [1.82, 2.24) is 15.3 Å². The number of rotatable bonds is 5. The maximum absolute atomic E-state index is 12.2. The second-order valence-corrected chi connectivity index (χ2v) is 6.51. The predicted octanol–water partition coefficient (Wildman–Crippen LogP) is 1.68. The number of fused-ring (bicyclic) bond motifs is 1. The Balaban J connectivity index is 1.43.